The molecule has 7 heteroatoms. The monoisotopic (exact) mass is 461 g/mol. The number of carbonyl (C=O) groups is 2. The maximum atomic E-state index is 13.3. The summed E-state index contributed by atoms with van der Waals surface area (Å²) in [6.45, 7) is 2.92. The number of rotatable bonds is 6. The normalized spacial score (nSPS) is 10.8. The maximum Gasteiger partial charge on any atom is 0.235 e. The molecular weight excluding hydrogens is 442 g/mol. The van der Waals surface area contributed by atoms with Crippen molar-refractivity contribution in [3.8, 4) is 17.1 Å². The van der Waals surface area contributed by atoms with E-state index in [1.165, 1.54) is 6.92 Å². The van der Waals surface area contributed by atoms with Gasteiger partial charge in [0.25, 0.3) is 0 Å². The fourth-order valence-electron chi connectivity index (χ4n) is 3.40. The molecule has 4 rings (SSSR count). The molecule has 0 fully saturated rings. The quantitative estimate of drug-likeness (QED) is 0.375. The molecule has 1 aromatic heterocycles. The Morgan fingerprint density at radius 2 is 1.76 bits per heavy atom. The van der Waals surface area contributed by atoms with E-state index >= 15 is 0 Å². The zero-order chi connectivity index (χ0) is 23.5. The van der Waals surface area contributed by atoms with Gasteiger partial charge < -0.3 is 14.5 Å². The van der Waals surface area contributed by atoms with Crippen LogP contribution in [0.5, 0.6) is 5.75 Å². The van der Waals surface area contributed by atoms with Crippen molar-refractivity contribution in [2.75, 3.05) is 11.9 Å². The van der Waals surface area contributed by atoms with E-state index in [4.69, 9.17) is 20.8 Å². The van der Waals surface area contributed by atoms with Gasteiger partial charge in [-0.25, -0.2) is 0 Å². The minimum atomic E-state index is -0.389. The van der Waals surface area contributed by atoms with Crippen molar-refractivity contribution < 1.29 is 18.7 Å². The van der Waals surface area contributed by atoms with E-state index in [9.17, 15) is 14.4 Å². The molecule has 0 saturated heterocycles. The molecule has 166 valence electrons. The molecule has 0 atom stereocenters. The predicted octanol–water partition coefficient (Wildman–Crippen LogP) is 5.64. The minimum absolute atomic E-state index is 0.0809. The fourth-order valence-corrected chi connectivity index (χ4v) is 3.62. The number of ketones is 1. The molecule has 0 bridgehead atoms. The zero-order valence-electron chi connectivity index (χ0n) is 18.0. The summed E-state index contributed by atoms with van der Waals surface area (Å²) in [4.78, 5) is 37.1. The van der Waals surface area contributed by atoms with Gasteiger partial charge in [-0.3, -0.25) is 14.4 Å². The van der Waals surface area contributed by atoms with E-state index < -0.39 is 0 Å². The van der Waals surface area contributed by atoms with Gasteiger partial charge in [0.05, 0.1) is 10.4 Å². The zero-order valence-corrected chi connectivity index (χ0v) is 18.7. The molecule has 0 aliphatic carbocycles. The third-order valence-electron chi connectivity index (χ3n) is 5.00. The molecule has 0 aliphatic rings. The van der Waals surface area contributed by atoms with Crippen molar-refractivity contribution in [1.82, 2.24) is 0 Å². The lowest BCUT2D eigenvalue weighted by Gasteiger charge is -2.13. The van der Waals surface area contributed by atoms with Crippen molar-refractivity contribution in [2.24, 2.45) is 0 Å². The molecule has 0 spiro atoms. The number of Topliss-reactive ketones (excluding diaryl/α,β-unsaturated/α-hetero) is 1. The predicted molar refractivity (Wildman–Crippen MR) is 128 cm³/mol. The molecule has 0 saturated carbocycles. The largest absolute Gasteiger partial charge is 0.478 e. The second-order valence-electron chi connectivity index (χ2n) is 7.54. The number of ether oxygens (including phenoxy) is 1. The Hall–Kier alpha value is -3.90. The van der Waals surface area contributed by atoms with Crippen LogP contribution < -0.4 is 15.5 Å². The number of benzene rings is 3. The SMILES string of the molecule is CC(=O)Nc1ccc(C(=O)COc2c(-c3ccccc3Cl)oc3cc(C)ccc3c2=O)cc1. The number of aryl methyl sites for hydroxylation is 1. The van der Waals surface area contributed by atoms with Crippen molar-refractivity contribution >= 4 is 39.9 Å². The summed E-state index contributed by atoms with van der Waals surface area (Å²) in [6, 6.07) is 18.6. The number of halogens is 1. The molecule has 1 amide bonds. The van der Waals surface area contributed by atoms with Crippen molar-refractivity contribution in [1.29, 1.82) is 0 Å². The lowest BCUT2D eigenvalue weighted by Crippen LogP contribution is -2.17. The van der Waals surface area contributed by atoms with Gasteiger partial charge in [0, 0.05) is 23.7 Å². The van der Waals surface area contributed by atoms with Crippen molar-refractivity contribution in [3.05, 3.63) is 93.1 Å². The van der Waals surface area contributed by atoms with E-state index in [1.807, 2.05) is 6.92 Å². The van der Waals surface area contributed by atoms with Crippen molar-refractivity contribution in [3.63, 3.8) is 0 Å². The highest BCUT2D eigenvalue weighted by molar-refractivity contribution is 6.33. The lowest BCUT2D eigenvalue weighted by molar-refractivity contribution is -0.114. The molecule has 1 N–H and O–H groups in total. The van der Waals surface area contributed by atoms with Gasteiger partial charge in [0.15, 0.2) is 18.2 Å². The summed E-state index contributed by atoms with van der Waals surface area (Å²) >= 11 is 6.36. The van der Waals surface area contributed by atoms with Crippen LogP contribution in [0.1, 0.15) is 22.8 Å². The van der Waals surface area contributed by atoms with Gasteiger partial charge in [0.2, 0.25) is 17.1 Å². The molecule has 0 unspecified atom stereocenters. The summed E-state index contributed by atoms with van der Waals surface area (Å²) in [5.74, 6) is -0.458. The van der Waals surface area contributed by atoms with Gasteiger partial charge in [0.1, 0.15) is 5.58 Å². The number of hydrogen-bond acceptors (Lipinski definition) is 5. The van der Waals surface area contributed by atoms with E-state index in [0.29, 0.717) is 32.8 Å². The second-order valence-corrected chi connectivity index (χ2v) is 7.95. The molecule has 4 aromatic rings. The van der Waals surface area contributed by atoms with Crippen LogP contribution in [0.2, 0.25) is 5.02 Å². The van der Waals surface area contributed by atoms with E-state index in [1.54, 1.807) is 66.7 Å². The number of amides is 1. The number of anilines is 1. The first-order valence-corrected chi connectivity index (χ1v) is 10.6. The van der Waals surface area contributed by atoms with Gasteiger partial charge in [-0.15, -0.1) is 0 Å². The second kappa shape index (κ2) is 9.30. The van der Waals surface area contributed by atoms with Crippen molar-refractivity contribution in [2.45, 2.75) is 13.8 Å². The van der Waals surface area contributed by atoms with Crippen LogP contribution >= 0.6 is 11.6 Å². The molecule has 0 radical (unpaired) electrons. The Balaban J connectivity index is 1.70. The summed E-state index contributed by atoms with van der Waals surface area (Å²) in [6.07, 6.45) is 0. The highest BCUT2D eigenvalue weighted by Gasteiger charge is 2.21. The average molecular weight is 462 g/mol. The summed E-state index contributed by atoms with van der Waals surface area (Å²) in [7, 11) is 0. The van der Waals surface area contributed by atoms with E-state index in [-0.39, 0.29) is 35.2 Å². The molecule has 6 nitrogen and oxygen atoms in total. The first-order valence-electron chi connectivity index (χ1n) is 10.2. The van der Waals surface area contributed by atoms with Crippen LogP contribution in [0.3, 0.4) is 0 Å². The molecular formula is C26H20ClNO5. The minimum Gasteiger partial charge on any atom is -0.478 e. The summed E-state index contributed by atoms with van der Waals surface area (Å²) < 4.78 is 11.8. The Morgan fingerprint density at radius 3 is 2.45 bits per heavy atom. The number of nitrogens with one attached hydrogen (secondary N) is 1. The Labute approximate surface area is 194 Å². The average Bonchev–Trinajstić information content (AvgIpc) is 2.78. The summed E-state index contributed by atoms with van der Waals surface area (Å²) in [5, 5.41) is 3.37. The van der Waals surface area contributed by atoms with E-state index in [0.717, 1.165) is 5.56 Å². The smallest absolute Gasteiger partial charge is 0.235 e. The van der Waals surface area contributed by atoms with Gasteiger partial charge >= 0.3 is 0 Å². The fraction of sp³-hybridized carbons (Fsp3) is 0.115. The molecule has 3 aromatic carbocycles. The topological polar surface area (TPSA) is 85.6 Å². The Morgan fingerprint density at radius 1 is 1.03 bits per heavy atom. The number of hydrogen-bond donors (Lipinski definition) is 1. The number of carbonyl (C=O) groups excluding carboxylic acids is 2. The maximum absolute atomic E-state index is 13.3. The molecule has 0 aliphatic heterocycles. The van der Waals surface area contributed by atoms with Gasteiger partial charge in [-0.05, 0) is 61.0 Å². The first kappa shape index (κ1) is 22.3. The molecule has 33 heavy (non-hydrogen) atoms. The third kappa shape index (κ3) is 4.81. The van der Waals surface area contributed by atoms with Crippen LogP contribution in [-0.4, -0.2) is 18.3 Å². The number of fused-ring (bicyclic) bond motifs is 1. The highest BCUT2D eigenvalue weighted by Crippen LogP contribution is 2.35. The van der Waals surface area contributed by atoms with Crippen LogP contribution in [-0.2, 0) is 4.79 Å². The first-order chi connectivity index (χ1) is 15.8. The van der Waals surface area contributed by atoms with Crippen LogP contribution in [0.15, 0.2) is 75.9 Å². The molecule has 1 heterocycles. The third-order valence-corrected chi connectivity index (χ3v) is 5.33. The van der Waals surface area contributed by atoms with Gasteiger partial charge in [-0.2, -0.15) is 0 Å². The van der Waals surface area contributed by atoms with Crippen LogP contribution in [0, 0.1) is 6.92 Å². The highest BCUT2D eigenvalue weighted by atomic mass is 35.5. The van der Waals surface area contributed by atoms with E-state index in [2.05, 4.69) is 5.32 Å². The van der Waals surface area contributed by atoms with Crippen LogP contribution in [0.25, 0.3) is 22.3 Å². The summed E-state index contributed by atoms with van der Waals surface area (Å²) in [5.41, 5.74) is 2.39. The lowest BCUT2D eigenvalue weighted by atomic mass is 10.1. The standard InChI is InChI=1S/C26H20ClNO5/c1-15-7-12-20-23(13-15)33-25(19-5-3-4-6-21(19)27)26(24(20)31)32-14-22(30)17-8-10-18(11-9-17)28-16(2)29/h3-13H,14H2,1-2H3,(H,28,29). The van der Waals surface area contributed by atoms with Gasteiger partial charge in [-0.1, -0.05) is 29.8 Å². The Kier molecular flexibility index (Phi) is 6.29. The Bertz CT molecular complexity index is 1420. The van der Waals surface area contributed by atoms with Crippen LogP contribution in [0.4, 0.5) is 5.69 Å².